The number of anilines is 3. The van der Waals surface area contributed by atoms with Gasteiger partial charge in [0.15, 0.2) is 0 Å². The van der Waals surface area contributed by atoms with Crippen molar-refractivity contribution in [3.8, 4) is 44.5 Å². The highest BCUT2D eigenvalue weighted by Gasteiger charge is 2.59. The molecule has 0 radical (unpaired) electrons. The number of nitrogens with one attached hydrogen (secondary N) is 1. The molecule has 0 atom stereocenters. The van der Waals surface area contributed by atoms with E-state index in [-0.39, 0.29) is 0 Å². The zero-order chi connectivity index (χ0) is 46.0. The summed E-state index contributed by atoms with van der Waals surface area (Å²) >= 11 is 0. The first kappa shape index (κ1) is 39.1. The second-order valence-corrected chi connectivity index (χ2v) is 19.1. The van der Waals surface area contributed by atoms with Gasteiger partial charge in [0.05, 0.1) is 22.0 Å². The van der Waals surface area contributed by atoms with Crippen LogP contribution in [0.25, 0.3) is 66.3 Å². The van der Waals surface area contributed by atoms with Crippen LogP contribution < -0.4 is 4.90 Å². The fraction of sp³-hybridized carbons (Fsp3) is 0.0294. The average Bonchev–Trinajstić information content (AvgIpc) is 4.07. The number of hydrogen-bond acceptors (Lipinski definition) is 1. The normalized spacial score (nSPS) is 13.9. The van der Waals surface area contributed by atoms with Crippen LogP contribution in [0.15, 0.2) is 261 Å². The highest BCUT2D eigenvalue weighted by atomic mass is 15.1. The van der Waals surface area contributed by atoms with Crippen LogP contribution in [0.4, 0.5) is 17.1 Å². The molecule has 15 rings (SSSR count). The summed E-state index contributed by atoms with van der Waals surface area (Å²) in [6, 6.07) is 97.5. The van der Waals surface area contributed by atoms with Crippen molar-refractivity contribution in [2.75, 3.05) is 4.90 Å². The third kappa shape index (κ3) is 5.12. The molecule has 326 valence electrons. The maximum absolute atomic E-state index is 3.75. The van der Waals surface area contributed by atoms with Crippen LogP contribution in [0, 0.1) is 0 Å². The lowest BCUT2D eigenvalue weighted by atomic mass is 9.52. The number of aromatic nitrogens is 1. The van der Waals surface area contributed by atoms with Crippen LogP contribution in [-0.2, 0) is 10.8 Å². The number of aromatic amines is 1. The number of hydrogen-bond donors (Lipinski definition) is 1. The highest BCUT2D eigenvalue weighted by molar-refractivity contribution is 6.12. The number of nitrogens with zero attached hydrogens (tertiary/aromatic N) is 1. The fourth-order valence-corrected chi connectivity index (χ4v) is 13.2. The summed E-state index contributed by atoms with van der Waals surface area (Å²) in [5, 5.41) is 2.48. The van der Waals surface area contributed by atoms with E-state index in [2.05, 4.69) is 271 Å². The molecule has 0 amide bonds. The Morgan fingerprint density at radius 2 is 0.686 bits per heavy atom. The minimum absolute atomic E-state index is 0.494. The fourth-order valence-electron chi connectivity index (χ4n) is 13.2. The molecular weight excluding hydrogens is 845 g/mol. The van der Waals surface area contributed by atoms with Gasteiger partial charge in [-0.1, -0.05) is 224 Å². The lowest BCUT2D eigenvalue weighted by Crippen LogP contribution is -2.43. The van der Waals surface area contributed by atoms with Gasteiger partial charge in [0.1, 0.15) is 0 Å². The molecule has 1 heterocycles. The molecule has 1 aromatic heterocycles. The second-order valence-electron chi connectivity index (χ2n) is 19.1. The van der Waals surface area contributed by atoms with Crippen molar-refractivity contribution in [1.29, 1.82) is 0 Å². The maximum atomic E-state index is 3.75. The molecule has 0 saturated heterocycles. The Morgan fingerprint density at radius 1 is 0.271 bits per heavy atom. The van der Waals surface area contributed by atoms with Gasteiger partial charge in [0.25, 0.3) is 0 Å². The Balaban J connectivity index is 0.974. The lowest BCUT2D eigenvalue weighted by molar-refractivity contribution is 0.633. The third-order valence-electron chi connectivity index (χ3n) is 15.9. The van der Waals surface area contributed by atoms with Gasteiger partial charge >= 0.3 is 0 Å². The number of H-pyrrole nitrogens is 1. The molecule has 2 spiro atoms. The highest BCUT2D eigenvalue weighted by Crippen LogP contribution is 2.68. The smallest absolute Gasteiger partial charge is 0.0720 e. The zero-order valence-electron chi connectivity index (χ0n) is 38.3. The summed E-state index contributed by atoms with van der Waals surface area (Å²) in [7, 11) is 0. The first-order chi connectivity index (χ1) is 34.7. The van der Waals surface area contributed by atoms with Crippen LogP contribution in [0.3, 0.4) is 0 Å². The molecule has 12 aromatic rings. The number of fused-ring (bicyclic) bond motifs is 19. The lowest BCUT2D eigenvalue weighted by Gasteiger charge is -2.48. The quantitative estimate of drug-likeness (QED) is 0.182. The monoisotopic (exact) mass is 888 g/mol. The van der Waals surface area contributed by atoms with Crippen molar-refractivity contribution in [1.82, 2.24) is 4.98 Å². The standard InChI is InChI=1S/C68H44N2/c1-2-18-44(19-3-1)45-36-40-47(41-37-45)70(48-42-38-46(39-43-48)49-24-16-25-53-52-22-7-15-34-63(52)69-66(49)53)64-35-17-33-62-65(64)54-23-6-10-28-57(54)68(62)60-31-13-11-29-58(60)67(59-30-12-14-32-61(59)68)55-26-8-4-20-50(55)51-21-5-9-27-56(51)67/h1-43,69H. The molecule has 0 fully saturated rings. The summed E-state index contributed by atoms with van der Waals surface area (Å²) in [5.41, 5.74) is 25.1. The van der Waals surface area contributed by atoms with Gasteiger partial charge in [-0.05, 0) is 114 Å². The van der Waals surface area contributed by atoms with E-state index in [0.29, 0.717) is 0 Å². The molecule has 2 heteroatoms. The molecule has 3 aliphatic rings. The van der Waals surface area contributed by atoms with Crippen LogP contribution in [0.1, 0.15) is 44.5 Å². The first-order valence-corrected chi connectivity index (χ1v) is 24.4. The van der Waals surface area contributed by atoms with E-state index in [1.165, 1.54) is 99.8 Å². The molecule has 11 aromatic carbocycles. The largest absolute Gasteiger partial charge is 0.354 e. The van der Waals surface area contributed by atoms with Crippen LogP contribution >= 0.6 is 0 Å². The van der Waals surface area contributed by atoms with Crippen molar-refractivity contribution in [3.05, 3.63) is 305 Å². The Labute approximate surface area is 407 Å². The number of benzene rings is 11. The van der Waals surface area contributed by atoms with Gasteiger partial charge in [-0.15, -0.1) is 0 Å². The van der Waals surface area contributed by atoms with Crippen molar-refractivity contribution in [2.24, 2.45) is 0 Å². The molecular formula is C68H44N2. The summed E-state index contributed by atoms with van der Waals surface area (Å²) < 4.78 is 0. The molecule has 1 N–H and O–H groups in total. The molecule has 0 aliphatic heterocycles. The molecule has 70 heavy (non-hydrogen) atoms. The van der Waals surface area contributed by atoms with Crippen molar-refractivity contribution in [3.63, 3.8) is 0 Å². The van der Waals surface area contributed by atoms with Crippen LogP contribution in [0.5, 0.6) is 0 Å². The van der Waals surface area contributed by atoms with Gasteiger partial charge in [0, 0.05) is 38.8 Å². The van der Waals surface area contributed by atoms with Crippen LogP contribution in [0.2, 0.25) is 0 Å². The van der Waals surface area contributed by atoms with Gasteiger partial charge in [0.2, 0.25) is 0 Å². The average molecular weight is 889 g/mol. The maximum Gasteiger partial charge on any atom is 0.0720 e. The van der Waals surface area contributed by atoms with E-state index in [1.807, 2.05) is 0 Å². The Bertz CT molecular complexity index is 3970. The predicted octanol–water partition coefficient (Wildman–Crippen LogP) is 17.2. The number of para-hydroxylation sites is 2. The van der Waals surface area contributed by atoms with E-state index in [0.717, 1.165) is 28.1 Å². The SMILES string of the molecule is c1ccc(-c2ccc(N(c3ccc(-c4cccc5c4[nH]c4ccccc45)cc3)c3cccc4c3-c3ccccc3C43c4ccccc4C4(c5ccccc5-c5ccccc54)c4ccccc43)cc2)cc1. The Hall–Kier alpha value is -8.98. The Morgan fingerprint density at radius 3 is 1.30 bits per heavy atom. The first-order valence-electron chi connectivity index (χ1n) is 24.4. The minimum Gasteiger partial charge on any atom is -0.354 e. The molecule has 0 saturated carbocycles. The van der Waals surface area contributed by atoms with Gasteiger partial charge in [-0.25, -0.2) is 0 Å². The molecule has 0 unspecified atom stereocenters. The van der Waals surface area contributed by atoms with Crippen molar-refractivity contribution in [2.45, 2.75) is 10.8 Å². The molecule has 0 bridgehead atoms. The van der Waals surface area contributed by atoms with Crippen LogP contribution in [-0.4, -0.2) is 4.98 Å². The summed E-state index contributed by atoms with van der Waals surface area (Å²) in [6.07, 6.45) is 0. The minimum atomic E-state index is -0.599. The van der Waals surface area contributed by atoms with E-state index in [9.17, 15) is 0 Å². The number of rotatable bonds is 5. The predicted molar refractivity (Wildman–Crippen MR) is 290 cm³/mol. The Kier molecular flexibility index (Phi) is 8.24. The summed E-state index contributed by atoms with van der Waals surface area (Å²) in [6.45, 7) is 0. The van der Waals surface area contributed by atoms with Gasteiger partial charge in [-0.2, -0.15) is 0 Å². The van der Waals surface area contributed by atoms with E-state index in [1.54, 1.807) is 0 Å². The van der Waals surface area contributed by atoms with Crippen molar-refractivity contribution < 1.29 is 0 Å². The second kappa shape index (κ2) is 14.8. The van der Waals surface area contributed by atoms with Crippen molar-refractivity contribution >= 4 is 38.9 Å². The van der Waals surface area contributed by atoms with E-state index < -0.39 is 10.8 Å². The topological polar surface area (TPSA) is 19.0 Å². The summed E-state index contributed by atoms with van der Waals surface area (Å²) in [4.78, 5) is 6.24. The van der Waals surface area contributed by atoms with E-state index in [4.69, 9.17) is 0 Å². The molecule has 3 aliphatic carbocycles. The van der Waals surface area contributed by atoms with Gasteiger partial charge < -0.3 is 9.88 Å². The summed E-state index contributed by atoms with van der Waals surface area (Å²) in [5.74, 6) is 0. The zero-order valence-corrected chi connectivity index (χ0v) is 38.3. The van der Waals surface area contributed by atoms with Gasteiger partial charge in [-0.3, -0.25) is 0 Å². The third-order valence-corrected chi connectivity index (χ3v) is 15.9. The van der Waals surface area contributed by atoms with E-state index >= 15 is 0 Å². The molecule has 2 nitrogen and oxygen atoms in total.